The molecule has 2 rings (SSSR count). The Labute approximate surface area is 187 Å². The maximum absolute atomic E-state index is 14.2. The molecular weight excluding hydrogens is 472 g/mol. The monoisotopic (exact) mass is 495 g/mol. The predicted octanol–water partition coefficient (Wildman–Crippen LogP) is 5.90. The third kappa shape index (κ3) is 6.91. The first-order chi connectivity index (χ1) is 15.3. The van der Waals surface area contributed by atoms with Gasteiger partial charge in [0.2, 0.25) is 34.8 Å². The van der Waals surface area contributed by atoms with Gasteiger partial charge in [-0.1, -0.05) is 32.0 Å². The average molecular weight is 495 g/mol. The van der Waals surface area contributed by atoms with Gasteiger partial charge < -0.3 is 13.8 Å². The summed E-state index contributed by atoms with van der Waals surface area (Å²) in [4.78, 5) is 12.5. The van der Waals surface area contributed by atoms with Crippen molar-refractivity contribution in [2.45, 2.75) is 46.3 Å². The quantitative estimate of drug-likeness (QED) is 0.145. The SMILES string of the molecule is CC(C)C[C@H](N[P@](=O)(Oc1ccccc1)Oc1c(F)c(F)c(F)c(F)c1F)C(=O)OC(C)C. The van der Waals surface area contributed by atoms with Crippen LogP contribution < -0.4 is 14.1 Å². The Morgan fingerprint density at radius 1 is 0.879 bits per heavy atom. The van der Waals surface area contributed by atoms with Gasteiger partial charge in [0, 0.05) is 0 Å². The standard InChI is InChI=1S/C21H23F5NO5P/c1-11(2)10-14(21(28)30-12(3)4)27-33(29,31-13-8-6-5-7-9-13)32-20-18(25)16(23)15(22)17(24)19(20)26/h5-9,11-12,14H,10H2,1-4H3,(H,27,29)/t14-,33-/m0/s1. The van der Waals surface area contributed by atoms with Crippen molar-refractivity contribution in [3.8, 4) is 11.5 Å². The Morgan fingerprint density at radius 2 is 1.39 bits per heavy atom. The highest BCUT2D eigenvalue weighted by Crippen LogP contribution is 2.48. The Bertz CT molecular complexity index is 1010. The number of ether oxygens (including phenoxy) is 1. The van der Waals surface area contributed by atoms with Crippen molar-refractivity contribution in [1.82, 2.24) is 5.09 Å². The number of carbonyl (C=O) groups excluding carboxylic acids is 1. The molecule has 33 heavy (non-hydrogen) atoms. The molecule has 2 atom stereocenters. The lowest BCUT2D eigenvalue weighted by Gasteiger charge is -2.26. The fourth-order valence-electron chi connectivity index (χ4n) is 2.65. The summed E-state index contributed by atoms with van der Waals surface area (Å²) < 4.78 is 97.7. The van der Waals surface area contributed by atoms with Gasteiger partial charge in [-0.2, -0.15) is 13.9 Å². The zero-order valence-corrected chi connectivity index (χ0v) is 19.1. The van der Waals surface area contributed by atoms with Crippen molar-refractivity contribution in [2.75, 3.05) is 0 Å². The van der Waals surface area contributed by atoms with E-state index < -0.39 is 60.7 Å². The third-order valence-electron chi connectivity index (χ3n) is 4.01. The summed E-state index contributed by atoms with van der Waals surface area (Å²) in [6.07, 6.45) is -0.534. The highest BCUT2D eigenvalue weighted by Gasteiger charge is 2.39. The Balaban J connectivity index is 2.53. The molecule has 0 amide bonds. The van der Waals surface area contributed by atoms with Gasteiger partial charge in [-0.05, 0) is 38.3 Å². The molecule has 0 heterocycles. The summed E-state index contributed by atoms with van der Waals surface area (Å²) in [7, 11) is -4.97. The predicted molar refractivity (Wildman–Crippen MR) is 109 cm³/mol. The number of carbonyl (C=O) groups is 1. The Hall–Kier alpha value is -2.65. The van der Waals surface area contributed by atoms with Crippen LogP contribution in [0.2, 0.25) is 0 Å². The van der Waals surface area contributed by atoms with Crippen molar-refractivity contribution >= 4 is 13.7 Å². The van der Waals surface area contributed by atoms with Crippen molar-refractivity contribution in [2.24, 2.45) is 5.92 Å². The topological polar surface area (TPSA) is 73.9 Å². The largest absolute Gasteiger partial charge is 0.513 e. The molecule has 0 radical (unpaired) electrons. The van der Waals surface area contributed by atoms with E-state index in [0.717, 1.165) is 0 Å². The molecule has 0 aliphatic heterocycles. The van der Waals surface area contributed by atoms with Gasteiger partial charge in [-0.15, -0.1) is 0 Å². The molecule has 0 aliphatic rings. The molecule has 0 spiro atoms. The van der Waals surface area contributed by atoms with Gasteiger partial charge in [0.05, 0.1) is 6.10 Å². The highest BCUT2D eigenvalue weighted by atomic mass is 31.2. The molecule has 0 saturated heterocycles. The van der Waals surface area contributed by atoms with E-state index in [9.17, 15) is 31.3 Å². The molecule has 0 bridgehead atoms. The first-order valence-electron chi connectivity index (χ1n) is 9.88. The van der Waals surface area contributed by atoms with Crippen molar-refractivity contribution < 1.29 is 45.1 Å². The Kier molecular flexibility index (Phi) is 8.85. The summed E-state index contributed by atoms with van der Waals surface area (Å²) in [5, 5.41) is 2.24. The van der Waals surface area contributed by atoms with Crippen LogP contribution in [-0.2, 0) is 14.1 Å². The average Bonchev–Trinajstić information content (AvgIpc) is 2.73. The first kappa shape index (κ1) is 26.6. The van der Waals surface area contributed by atoms with E-state index in [1.807, 2.05) is 0 Å². The van der Waals surface area contributed by atoms with Crippen LogP contribution in [0.25, 0.3) is 0 Å². The fourth-order valence-corrected chi connectivity index (χ4v) is 4.19. The number of benzene rings is 2. The van der Waals surface area contributed by atoms with Gasteiger partial charge >= 0.3 is 13.7 Å². The lowest BCUT2D eigenvalue weighted by molar-refractivity contribution is -0.150. The fraction of sp³-hybridized carbons (Fsp3) is 0.381. The molecule has 1 N–H and O–H groups in total. The second kappa shape index (κ2) is 11.0. The molecule has 0 fully saturated rings. The van der Waals surface area contributed by atoms with E-state index in [0.29, 0.717) is 0 Å². The van der Waals surface area contributed by atoms with Gasteiger partial charge in [0.15, 0.2) is 0 Å². The van der Waals surface area contributed by atoms with Crippen LogP contribution in [0, 0.1) is 35.0 Å². The molecular formula is C21H23F5NO5P. The summed E-state index contributed by atoms with van der Waals surface area (Å²) in [5.74, 6) is -14.7. The molecule has 2 aromatic rings. The van der Waals surface area contributed by atoms with E-state index in [4.69, 9.17) is 13.8 Å². The number of halogens is 5. The summed E-state index contributed by atoms with van der Waals surface area (Å²) in [6, 6.07) is 5.77. The minimum absolute atomic E-state index is 0.0220. The van der Waals surface area contributed by atoms with Gasteiger partial charge in [-0.3, -0.25) is 4.79 Å². The number of nitrogens with one attached hydrogen (secondary N) is 1. The molecule has 182 valence electrons. The maximum atomic E-state index is 14.2. The van der Waals surface area contributed by atoms with Crippen molar-refractivity contribution in [1.29, 1.82) is 0 Å². The molecule has 0 aromatic heterocycles. The number of para-hydroxylation sites is 1. The second-order valence-corrected chi connectivity index (χ2v) is 9.31. The molecule has 6 nitrogen and oxygen atoms in total. The van der Waals surface area contributed by atoms with Crippen LogP contribution in [0.3, 0.4) is 0 Å². The number of hydrogen-bond acceptors (Lipinski definition) is 5. The van der Waals surface area contributed by atoms with E-state index in [-0.39, 0.29) is 18.1 Å². The second-order valence-electron chi connectivity index (χ2n) is 7.69. The first-order valence-corrected chi connectivity index (χ1v) is 11.4. The lowest BCUT2D eigenvalue weighted by Crippen LogP contribution is -2.40. The van der Waals surface area contributed by atoms with Crippen LogP contribution in [0.5, 0.6) is 11.5 Å². The Morgan fingerprint density at radius 3 is 1.88 bits per heavy atom. The van der Waals surface area contributed by atoms with E-state index in [2.05, 4.69) is 5.09 Å². The van der Waals surface area contributed by atoms with E-state index in [1.165, 1.54) is 24.3 Å². The minimum Gasteiger partial charge on any atom is -0.462 e. The molecule has 12 heteroatoms. The lowest BCUT2D eigenvalue weighted by atomic mass is 10.0. The van der Waals surface area contributed by atoms with Gasteiger partial charge in [-0.25, -0.2) is 17.7 Å². The number of rotatable bonds is 10. The van der Waals surface area contributed by atoms with Crippen molar-refractivity contribution in [3.05, 3.63) is 59.4 Å². The molecule has 0 aliphatic carbocycles. The smallest absolute Gasteiger partial charge is 0.462 e. The summed E-state index contributed by atoms with van der Waals surface area (Å²) in [6.45, 7) is 6.59. The van der Waals surface area contributed by atoms with Crippen LogP contribution >= 0.6 is 7.75 Å². The number of esters is 1. The zero-order chi connectivity index (χ0) is 24.9. The zero-order valence-electron chi connectivity index (χ0n) is 18.2. The van der Waals surface area contributed by atoms with Crippen LogP contribution in [0.15, 0.2) is 30.3 Å². The maximum Gasteiger partial charge on any atom is 0.513 e. The van der Waals surface area contributed by atoms with Crippen molar-refractivity contribution in [3.63, 3.8) is 0 Å². The van der Waals surface area contributed by atoms with Gasteiger partial charge in [0.1, 0.15) is 11.8 Å². The highest BCUT2D eigenvalue weighted by molar-refractivity contribution is 7.52. The van der Waals surface area contributed by atoms with Gasteiger partial charge in [0.25, 0.3) is 0 Å². The van der Waals surface area contributed by atoms with E-state index >= 15 is 0 Å². The van der Waals surface area contributed by atoms with E-state index in [1.54, 1.807) is 33.8 Å². The van der Waals surface area contributed by atoms with Crippen LogP contribution in [0.4, 0.5) is 22.0 Å². The normalized spacial score (nSPS) is 14.2. The molecule has 0 saturated carbocycles. The molecule has 2 aromatic carbocycles. The summed E-state index contributed by atoms with van der Waals surface area (Å²) in [5.41, 5.74) is 0. The summed E-state index contributed by atoms with van der Waals surface area (Å²) >= 11 is 0. The van der Waals surface area contributed by atoms with Crippen LogP contribution in [-0.4, -0.2) is 18.1 Å². The third-order valence-corrected chi connectivity index (χ3v) is 5.51. The van der Waals surface area contributed by atoms with Crippen LogP contribution in [0.1, 0.15) is 34.1 Å². The molecule has 0 unspecified atom stereocenters. The minimum atomic E-state index is -4.97. The number of hydrogen-bond donors (Lipinski definition) is 1.